The molecule has 0 aromatic heterocycles. The number of Topliss-reactive ketones (excluding diaryl/α,β-unsaturated/α-hetero) is 1. The van der Waals surface area contributed by atoms with E-state index in [0.29, 0.717) is 30.5 Å². The highest BCUT2D eigenvalue weighted by Gasteiger charge is 2.64. The monoisotopic (exact) mass is 498 g/mol. The normalized spacial score (nSPS) is 37.4. The second-order valence-corrected chi connectivity index (χ2v) is 13.1. The van der Waals surface area contributed by atoms with Crippen LogP contribution in [-0.2, 0) is 9.53 Å². The van der Waals surface area contributed by atoms with Crippen LogP contribution < -0.4 is 0 Å². The predicted molar refractivity (Wildman–Crippen MR) is 147 cm³/mol. The van der Waals surface area contributed by atoms with Crippen molar-refractivity contribution >= 4 is 5.78 Å². The van der Waals surface area contributed by atoms with Gasteiger partial charge in [0.15, 0.2) is 12.1 Å². The number of allylic oxidation sites excluding steroid dienone is 6. The first kappa shape index (κ1) is 29.1. The molecule has 3 fully saturated rings. The Kier molecular flexibility index (Phi) is 8.65. The van der Waals surface area contributed by atoms with Crippen LogP contribution in [0.3, 0.4) is 0 Å². The van der Waals surface area contributed by atoms with Crippen molar-refractivity contribution in [3.8, 4) is 0 Å². The first-order valence-corrected chi connectivity index (χ1v) is 13.9. The van der Waals surface area contributed by atoms with Crippen molar-refractivity contribution in [3.63, 3.8) is 0 Å². The zero-order valence-corrected chi connectivity index (χ0v) is 24.1. The van der Waals surface area contributed by atoms with Gasteiger partial charge in [-0.05, 0) is 101 Å². The molecule has 3 rings (SSSR count). The summed E-state index contributed by atoms with van der Waals surface area (Å²) in [5.74, 6) is 1.08. The van der Waals surface area contributed by atoms with Crippen LogP contribution in [-0.4, -0.2) is 34.5 Å². The van der Waals surface area contributed by atoms with E-state index in [-0.39, 0.29) is 22.3 Å². The summed E-state index contributed by atoms with van der Waals surface area (Å²) in [5, 5.41) is 20.3. The number of ether oxygens (including phenoxy) is 1. The van der Waals surface area contributed by atoms with E-state index in [0.717, 1.165) is 42.4 Å². The quantitative estimate of drug-likeness (QED) is 0.170. The van der Waals surface area contributed by atoms with Gasteiger partial charge in [-0.1, -0.05) is 57.6 Å². The molecule has 1 unspecified atom stereocenters. The Balaban J connectivity index is 1.86. The molecule has 0 aromatic rings. The molecule has 4 nitrogen and oxygen atoms in total. The summed E-state index contributed by atoms with van der Waals surface area (Å²) in [6.45, 7) is 19.1. The highest BCUT2D eigenvalue weighted by molar-refractivity contribution is 6.00. The molecule has 0 aliphatic heterocycles. The fraction of sp³-hybridized carbons (Fsp3) is 0.719. The number of aliphatic hydroxyl groups is 2. The molecule has 7 atom stereocenters. The van der Waals surface area contributed by atoms with E-state index < -0.39 is 12.4 Å². The van der Waals surface area contributed by atoms with Crippen LogP contribution in [0.2, 0.25) is 0 Å². The van der Waals surface area contributed by atoms with Crippen molar-refractivity contribution < 1.29 is 19.7 Å². The number of hydrogen-bond acceptors (Lipinski definition) is 4. The number of rotatable bonds is 7. The minimum Gasteiger partial charge on any atom is -0.388 e. The Bertz CT molecular complexity index is 961. The van der Waals surface area contributed by atoms with E-state index in [9.17, 15) is 15.0 Å². The van der Waals surface area contributed by atoms with Crippen LogP contribution in [0.4, 0.5) is 0 Å². The molecule has 0 saturated heterocycles. The molecule has 202 valence electrons. The van der Waals surface area contributed by atoms with Crippen LogP contribution in [0, 0.1) is 28.1 Å². The second kappa shape index (κ2) is 10.7. The van der Waals surface area contributed by atoms with Gasteiger partial charge in [0.1, 0.15) is 0 Å². The number of ketones is 1. The van der Waals surface area contributed by atoms with Gasteiger partial charge in [-0.15, -0.1) is 0 Å². The van der Waals surface area contributed by atoms with E-state index in [1.54, 1.807) is 6.92 Å². The van der Waals surface area contributed by atoms with E-state index in [1.165, 1.54) is 5.57 Å². The lowest BCUT2D eigenvalue weighted by atomic mass is 9.43. The third-order valence-electron chi connectivity index (χ3n) is 9.96. The lowest BCUT2D eigenvalue weighted by Gasteiger charge is -2.62. The van der Waals surface area contributed by atoms with Crippen LogP contribution in [0.25, 0.3) is 0 Å². The Labute approximate surface area is 219 Å². The fourth-order valence-electron chi connectivity index (χ4n) is 8.11. The largest absolute Gasteiger partial charge is 0.388 e. The first-order chi connectivity index (χ1) is 16.6. The van der Waals surface area contributed by atoms with Crippen molar-refractivity contribution in [2.45, 2.75) is 119 Å². The predicted octanol–water partition coefficient (Wildman–Crippen LogP) is 7.08. The maximum Gasteiger partial charge on any atom is 0.160 e. The summed E-state index contributed by atoms with van der Waals surface area (Å²) >= 11 is 0. The summed E-state index contributed by atoms with van der Waals surface area (Å²) in [5.41, 5.74) is 4.10. The molecular weight excluding hydrogens is 448 g/mol. The molecule has 0 amide bonds. The highest BCUT2D eigenvalue weighted by atomic mass is 16.6. The van der Waals surface area contributed by atoms with E-state index in [4.69, 9.17) is 4.74 Å². The van der Waals surface area contributed by atoms with Gasteiger partial charge >= 0.3 is 0 Å². The Morgan fingerprint density at radius 1 is 1.06 bits per heavy atom. The minimum atomic E-state index is -0.754. The molecule has 3 aliphatic rings. The van der Waals surface area contributed by atoms with Gasteiger partial charge in [0.05, 0.1) is 12.2 Å². The fourth-order valence-corrected chi connectivity index (χ4v) is 8.11. The lowest BCUT2D eigenvalue weighted by molar-refractivity contribution is -0.219. The third-order valence-corrected chi connectivity index (χ3v) is 9.96. The van der Waals surface area contributed by atoms with Crippen molar-refractivity contribution in [1.29, 1.82) is 0 Å². The molecule has 0 aromatic carbocycles. The number of aliphatic hydroxyl groups excluding tert-OH is 2. The van der Waals surface area contributed by atoms with Crippen LogP contribution >= 0.6 is 0 Å². The first-order valence-electron chi connectivity index (χ1n) is 13.9. The van der Waals surface area contributed by atoms with Crippen molar-refractivity contribution in [2.75, 3.05) is 0 Å². The molecule has 0 heterocycles. The zero-order chi connectivity index (χ0) is 27.1. The van der Waals surface area contributed by atoms with Crippen LogP contribution in [0.1, 0.15) is 101 Å². The number of fused-ring (bicyclic) bond motifs is 3. The molecule has 0 spiro atoms. The minimum absolute atomic E-state index is 0.0406. The maximum atomic E-state index is 13.5. The summed E-state index contributed by atoms with van der Waals surface area (Å²) in [4.78, 5) is 13.5. The van der Waals surface area contributed by atoms with Crippen molar-refractivity contribution in [1.82, 2.24) is 0 Å². The number of carbonyl (C=O) groups is 1. The second-order valence-electron chi connectivity index (χ2n) is 13.1. The van der Waals surface area contributed by atoms with Crippen molar-refractivity contribution in [2.24, 2.45) is 28.1 Å². The van der Waals surface area contributed by atoms with Gasteiger partial charge in [-0.25, -0.2) is 0 Å². The maximum absolute atomic E-state index is 13.5. The van der Waals surface area contributed by atoms with E-state index >= 15 is 0 Å². The number of carbonyl (C=O) groups excluding carboxylic acids is 1. The van der Waals surface area contributed by atoms with E-state index in [1.807, 2.05) is 32.9 Å². The van der Waals surface area contributed by atoms with Gasteiger partial charge in [-0.3, -0.25) is 4.79 Å². The van der Waals surface area contributed by atoms with E-state index in [2.05, 4.69) is 46.8 Å². The Morgan fingerprint density at radius 2 is 1.72 bits per heavy atom. The average Bonchev–Trinajstić information content (AvgIpc) is 3.05. The van der Waals surface area contributed by atoms with Crippen LogP contribution in [0.5, 0.6) is 0 Å². The molecule has 2 N–H and O–H groups in total. The molecule has 4 heteroatoms. The SMILES string of the molecule is CC(C)=CC[C@H](O)/C(C)=C/C=C/C(C)=C1/C(=O)C[C@H]2[C@@]3(C)CC[C@H](OC(C)O)C(C)(C)[C@@H]3CC[C@]12C. The lowest BCUT2D eigenvalue weighted by Crippen LogP contribution is -2.58. The summed E-state index contributed by atoms with van der Waals surface area (Å²) < 4.78 is 5.97. The van der Waals surface area contributed by atoms with Crippen LogP contribution in [0.15, 0.2) is 46.6 Å². The summed E-state index contributed by atoms with van der Waals surface area (Å²) in [6.07, 6.45) is 12.1. The topological polar surface area (TPSA) is 66.8 Å². The molecule has 3 saturated carbocycles. The molecule has 3 aliphatic carbocycles. The summed E-state index contributed by atoms with van der Waals surface area (Å²) in [7, 11) is 0. The van der Waals surface area contributed by atoms with Gasteiger partial charge in [0, 0.05) is 17.4 Å². The summed E-state index contributed by atoms with van der Waals surface area (Å²) in [6, 6.07) is 0. The smallest absolute Gasteiger partial charge is 0.160 e. The zero-order valence-electron chi connectivity index (χ0n) is 24.1. The highest BCUT2D eigenvalue weighted by Crippen LogP contribution is 2.69. The number of hydrogen-bond donors (Lipinski definition) is 2. The Hall–Kier alpha value is -1.49. The standard InChI is InChI=1S/C32H50O4/c1-20(2)13-14-24(34)21(3)11-10-12-22(4)29-25(35)19-27-31(8)18-16-28(36-23(5)33)30(6,7)26(31)15-17-32(27,29)9/h10-13,23-24,26-28,33-34H,14-19H2,1-9H3/b12-10+,21-11+,29-22-/t23?,24-,26-,27-,28-,31-,32-/m0/s1. The Morgan fingerprint density at radius 3 is 2.33 bits per heavy atom. The molecule has 0 radical (unpaired) electrons. The average molecular weight is 499 g/mol. The molecule has 36 heavy (non-hydrogen) atoms. The van der Waals surface area contributed by atoms with Gasteiger partial charge in [-0.2, -0.15) is 0 Å². The third kappa shape index (κ3) is 5.37. The molecular formula is C32H50O4. The van der Waals surface area contributed by atoms with Gasteiger partial charge in [0.25, 0.3) is 0 Å². The van der Waals surface area contributed by atoms with Gasteiger partial charge < -0.3 is 14.9 Å². The molecule has 0 bridgehead atoms. The van der Waals surface area contributed by atoms with Gasteiger partial charge in [0.2, 0.25) is 0 Å². The van der Waals surface area contributed by atoms with Crippen molar-refractivity contribution in [3.05, 3.63) is 46.6 Å².